The fraction of sp³-hybridized carbons (Fsp3) is 0.154. The van der Waals surface area contributed by atoms with Crippen molar-refractivity contribution < 1.29 is 23.1 Å². The number of aliphatic imine (C=N–C) groups is 1. The summed E-state index contributed by atoms with van der Waals surface area (Å²) < 4.78 is 36.9. The number of alkyl halides is 3. The molecule has 6 nitrogen and oxygen atoms in total. The first-order valence-electron chi connectivity index (χ1n) is 10.6. The van der Waals surface area contributed by atoms with Crippen LogP contribution in [0.2, 0.25) is 0 Å². The van der Waals surface area contributed by atoms with Crippen molar-refractivity contribution in [2.75, 3.05) is 17.2 Å². The SMILES string of the molecule is C=C/C=C(\C=C)CC1N=C(c2ccc(NC(=O)NCC(F)(F)F)cc2)c2cc(O)ccc2NC1=C. The first-order chi connectivity index (χ1) is 16.6. The van der Waals surface area contributed by atoms with Gasteiger partial charge in [0, 0.05) is 34.6 Å². The Morgan fingerprint density at radius 3 is 2.51 bits per heavy atom. The van der Waals surface area contributed by atoms with Crippen molar-refractivity contribution >= 4 is 23.1 Å². The Morgan fingerprint density at radius 2 is 1.89 bits per heavy atom. The average molecular weight is 483 g/mol. The molecule has 2 amide bonds. The van der Waals surface area contributed by atoms with Crippen molar-refractivity contribution in [2.24, 2.45) is 4.99 Å². The number of rotatable bonds is 7. The number of carbonyl (C=O) groups is 1. The summed E-state index contributed by atoms with van der Waals surface area (Å²) in [5, 5.41) is 17.5. The molecular weight excluding hydrogens is 457 g/mol. The van der Waals surface area contributed by atoms with Crippen molar-refractivity contribution in [1.82, 2.24) is 5.32 Å². The molecular formula is C26H25F3N4O2. The van der Waals surface area contributed by atoms with Crippen LogP contribution in [-0.4, -0.2) is 35.6 Å². The quantitative estimate of drug-likeness (QED) is 0.292. The molecule has 182 valence electrons. The van der Waals surface area contributed by atoms with Gasteiger partial charge in [-0.1, -0.05) is 50.1 Å². The van der Waals surface area contributed by atoms with Crippen molar-refractivity contribution in [1.29, 1.82) is 0 Å². The van der Waals surface area contributed by atoms with Gasteiger partial charge in [-0.2, -0.15) is 13.2 Å². The number of halogens is 3. The highest BCUT2D eigenvalue weighted by molar-refractivity contribution is 6.17. The van der Waals surface area contributed by atoms with Crippen LogP contribution in [-0.2, 0) is 0 Å². The van der Waals surface area contributed by atoms with E-state index in [4.69, 9.17) is 4.99 Å². The van der Waals surface area contributed by atoms with Crippen molar-refractivity contribution in [3.05, 3.63) is 103 Å². The number of nitrogens with one attached hydrogen (secondary N) is 3. The number of phenolic OH excluding ortho intramolecular Hbond substituents is 1. The number of amides is 2. The number of fused-ring (bicyclic) bond motifs is 1. The number of allylic oxidation sites excluding steroid dienone is 3. The highest BCUT2D eigenvalue weighted by Crippen LogP contribution is 2.32. The van der Waals surface area contributed by atoms with Crippen LogP contribution in [0.25, 0.3) is 0 Å². The predicted octanol–water partition coefficient (Wildman–Crippen LogP) is 5.91. The van der Waals surface area contributed by atoms with E-state index < -0.39 is 18.8 Å². The maximum absolute atomic E-state index is 12.3. The van der Waals surface area contributed by atoms with Crippen LogP contribution in [0.1, 0.15) is 17.5 Å². The molecule has 2 aromatic rings. The van der Waals surface area contributed by atoms with Crippen molar-refractivity contribution in [3.8, 4) is 5.75 Å². The summed E-state index contributed by atoms with van der Waals surface area (Å²) in [7, 11) is 0. The summed E-state index contributed by atoms with van der Waals surface area (Å²) in [6, 6.07) is 10.0. The lowest BCUT2D eigenvalue weighted by Gasteiger charge is -2.16. The maximum atomic E-state index is 12.3. The van der Waals surface area contributed by atoms with Gasteiger partial charge in [-0.3, -0.25) is 4.99 Å². The zero-order valence-electron chi connectivity index (χ0n) is 18.8. The highest BCUT2D eigenvalue weighted by Gasteiger charge is 2.28. The van der Waals surface area contributed by atoms with Gasteiger partial charge in [-0.05, 0) is 35.9 Å². The number of urea groups is 1. The fourth-order valence-electron chi connectivity index (χ4n) is 3.46. The fourth-order valence-corrected chi connectivity index (χ4v) is 3.46. The third-order valence-electron chi connectivity index (χ3n) is 5.13. The largest absolute Gasteiger partial charge is 0.508 e. The van der Waals surface area contributed by atoms with Crippen LogP contribution in [0.3, 0.4) is 0 Å². The number of nitrogens with zero attached hydrogens (tertiary/aromatic N) is 1. The van der Waals surface area contributed by atoms with E-state index in [0.29, 0.717) is 40.3 Å². The van der Waals surface area contributed by atoms with Gasteiger partial charge in [0.15, 0.2) is 0 Å². The Kier molecular flexibility index (Phi) is 7.80. The van der Waals surface area contributed by atoms with Gasteiger partial charge in [0.25, 0.3) is 0 Å². The number of benzodiazepines with no additional fused rings is 1. The van der Waals surface area contributed by atoms with Gasteiger partial charge < -0.3 is 21.1 Å². The molecule has 4 N–H and O–H groups in total. The van der Waals surface area contributed by atoms with Gasteiger partial charge in [0.1, 0.15) is 12.3 Å². The molecule has 1 aliphatic heterocycles. The minimum Gasteiger partial charge on any atom is -0.508 e. The van der Waals surface area contributed by atoms with E-state index in [9.17, 15) is 23.1 Å². The summed E-state index contributed by atoms with van der Waals surface area (Å²) in [5.74, 6) is 0.0558. The molecule has 0 saturated carbocycles. The molecule has 0 bridgehead atoms. The molecule has 1 aliphatic rings. The number of hydrogen-bond donors (Lipinski definition) is 4. The van der Waals surface area contributed by atoms with Crippen LogP contribution >= 0.6 is 0 Å². The molecule has 3 rings (SSSR count). The molecule has 1 atom stereocenters. The topological polar surface area (TPSA) is 85.8 Å². The molecule has 0 radical (unpaired) electrons. The Bertz CT molecular complexity index is 1200. The van der Waals surface area contributed by atoms with E-state index in [1.54, 1.807) is 59.9 Å². The van der Waals surface area contributed by atoms with E-state index in [1.165, 1.54) is 0 Å². The Balaban J connectivity index is 1.93. The van der Waals surface area contributed by atoms with Gasteiger partial charge in [-0.15, -0.1) is 0 Å². The van der Waals surface area contributed by atoms with E-state index in [0.717, 1.165) is 5.57 Å². The maximum Gasteiger partial charge on any atom is 0.405 e. The van der Waals surface area contributed by atoms with Crippen LogP contribution in [0.15, 0.2) is 96.7 Å². The first kappa shape index (κ1) is 25.4. The van der Waals surface area contributed by atoms with E-state index in [1.807, 2.05) is 6.08 Å². The molecule has 0 fully saturated rings. The monoisotopic (exact) mass is 482 g/mol. The lowest BCUT2D eigenvalue weighted by atomic mass is 9.99. The molecule has 35 heavy (non-hydrogen) atoms. The Labute approximate surface area is 201 Å². The van der Waals surface area contributed by atoms with Crippen LogP contribution in [0.4, 0.5) is 29.3 Å². The average Bonchev–Trinajstić information content (AvgIpc) is 2.93. The molecule has 1 heterocycles. The van der Waals surface area contributed by atoms with Gasteiger partial charge in [0.05, 0.1) is 11.8 Å². The first-order valence-corrected chi connectivity index (χ1v) is 10.6. The number of aromatic hydroxyl groups is 1. The molecule has 2 aromatic carbocycles. The number of phenols is 1. The number of benzene rings is 2. The molecule has 9 heteroatoms. The predicted molar refractivity (Wildman–Crippen MR) is 133 cm³/mol. The van der Waals surface area contributed by atoms with Crippen LogP contribution in [0.5, 0.6) is 5.75 Å². The van der Waals surface area contributed by atoms with Gasteiger partial charge in [0.2, 0.25) is 0 Å². The molecule has 1 unspecified atom stereocenters. The zero-order chi connectivity index (χ0) is 25.6. The Morgan fingerprint density at radius 1 is 1.17 bits per heavy atom. The van der Waals surface area contributed by atoms with Gasteiger partial charge in [-0.25, -0.2) is 4.79 Å². The summed E-state index contributed by atoms with van der Waals surface area (Å²) >= 11 is 0. The number of hydrogen-bond acceptors (Lipinski definition) is 4. The molecule has 0 aromatic heterocycles. The molecule has 0 saturated heterocycles. The summed E-state index contributed by atoms with van der Waals surface area (Å²) in [4.78, 5) is 16.7. The van der Waals surface area contributed by atoms with E-state index in [2.05, 4.69) is 30.4 Å². The van der Waals surface area contributed by atoms with Crippen molar-refractivity contribution in [3.63, 3.8) is 0 Å². The second-order valence-corrected chi connectivity index (χ2v) is 7.76. The second kappa shape index (κ2) is 10.8. The Hall–Kier alpha value is -4.27. The third kappa shape index (κ3) is 6.86. The minimum absolute atomic E-state index is 0.0558. The lowest BCUT2D eigenvalue weighted by Crippen LogP contribution is -2.36. The van der Waals surface area contributed by atoms with E-state index in [-0.39, 0.29) is 11.8 Å². The minimum atomic E-state index is -4.50. The highest BCUT2D eigenvalue weighted by atomic mass is 19.4. The molecule has 0 spiro atoms. The lowest BCUT2D eigenvalue weighted by molar-refractivity contribution is -0.122. The van der Waals surface area contributed by atoms with E-state index >= 15 is 0 Å². The smallest absolute Gasteiger partial charge is 0.405 e. The second-order valence-electron chi connectivity index (χ2n) is 7.76. The summed E-state index contributed by atoms with van der Waals surface area (Å²) in [5.41, 5.74) is 4.47. The third-order valence-corrected chi connectivity index (χ3v) is 5.13. The zero-order valence-corrected chi connectivity index (χ0v) is 18.8. The van der Waals surface area contributed by atoms with Crippen LogP contribution in [0, 0.1) is 0 Å². The van der Waals surface area contributed by atoms with Crippen molar-refractivity contribution in [2.45, 2.75) is 18.6 Å². The standard InChI is InChI=1S/C26H25F3N4O2/c1-4-6-17(5-2)13-23-16(3)31-22-12-11-20(34)14-21(22)24(33-23)18-7-9-19(10-8-18)32-25(35)30-15-26(27,28)29/h4-12,14,23,31,34H,1-3,13,15H2,(H2,30,32,35)/b17-6+. The normalized spacial score (nSPS) is 15.7. The summed E-state index contributed by atoms with van der Waals surface area (Å²) in [6.45, 7) is 10.3. The summed E-state index contributed by atoms with van der Waals surface area (Å²) in [6.07, 6.45) is 1.22. The van der Waals surface area contributed by atoms with Gasteiger partial charge >= 0.3 is 12.2 Å². The van der Waals surface area contributed by atoms with Crippen LogP contribution < -0.4 is 16.0 Å². The molecule has 0 aliphatic carbocycles. The number of anilines is 2. The number of carbonyl (C=O) groups excluding carboxylic acids is 1.